The Labute approximate surface area is 252 Å². The highest BCUT2D eigenvalue weighted by Crippen LogP contribution is 2.27. The minimum absolute atomic E-state index is 0.0181. The Bertz CT molecular complexity index is 1610. The van der Waals surface area contributed by atoms with Crippen LogP contribution < -0.4 is 4.74 Å². The lowest BCUT2D eigenvalue weighted by molar-refractivity contribution is -0.159. The third-order valence-corrected chi connectivity index (χ3v) is 9.03. The van der Waals surface area contributed by atoms with Crippen LogP contribution in [-0.4, -0.2) is 57.0 Å². The van der Waals surface area contributed by atoms with Crippen molar-refractivity contribution in [2.24, 2.45) is 0 Å². The van der Waals surface area contributed by atoms with E-state index in [1.807, 2.05) is 6.92 Å². The summed E-state index contributed by atoms with van der Waals surface area (Å²) in [5.41, 5.74) is 0.407. The Kier molecular flexibility index (Phi) is 11.2. The maximum absolute atomic E-state index is 14.1. The fourth-order valence-corrected chi connectivity index (χ4v) is 6.29. The van der Waals surface area contributed by atoms with Gasteiger partial charge < -0.3 is 9.47 Å². The van der Waals surface area contributed by atoms with E-state index >= 15 is 0 Å². The Morgan fingerprint density at radius 1 is 0.977 bits per heavy atom. The molecule has 0 saturated heterocycles. The fraction of sp³-hybridized carbons (Fsp3) is 0.333. The largest absolute Gasteiger partial charge is 0.491 e. The van der Waals surface area contributed by atoms with Gasteiger partial charge in [-0.3, -0.25) is 14.0 Å². The quantitative estimate of drug-likeness (QED) is 0.137. The molecule has 1 heterocycles. The zero-order chi connectivity index (χ0) is 31.8. The Morgan fingerprint density at radius 3 is 2.16 bits per heavy atom. The highest BCUT2D eigenvalue weighted by Gasteiger charge is 2.39. The Balaban J connectivity index is 1.79. The van der Waals surface area contributed by atoms with Gasteiger partial charge in [0, 0.05) is 25.4 Å². The van der Waals surface area contributed by atoms with Crippen LogP contribution in [0.4, 0.5) is 4.39 Å². The molecule has 0 unspecified atom stereocenters. The molecule has 0 bridgehead atoms. The molecule has 13 heteroatoms. The Morgan fingerprint density at radius 2 is 1.60 bits per heavy atom. The van der Waals surface area contributed by atoms with E-state index in [4.69, 9.17) is 13.7 Å². The molecule has 1 atom stereocenters. The van der Waals surface area contributed by atoms with Crippen molar-refractivity contribution in [2.75, 3.05) is 13.2 Å². The first kappa shape index (κ1) is 33.8. The summed E-state index contributed by atoms with van der Waals surface area (Å²) in [6.07, 6.45) is 2.34. The minimum atomic E-state index is -4.40. The van der Waals surface area contributed by atoms with Gasteiger partial charge in [-0.15, -0.1) is 0 Å². The molecule has 0 aliphatic carbocycles. The van der Waals surface area contributed by atoms with Crippen LogP contribution in [0.3, 0.4) is 0 Å². The fourth-order valence-electron chi connectivity index (χ4n) is 3.84. The van der Waals surface area contributed by atoms with Crippen LogP contribution in [-0.2, 0) is 40.4 Å². The van der Waals surface area contributed by atoms with Gasteiger partial charge in [-0.1, -0.05) is 30.3 Å². The lowest BCUT2D eigenvalue weighted by atomic mass is 10.1. The van der Waals surface area contributed by atoms with Crippen molar-refractivity contribution in [1.82, 2.24) is 9.29 Å². The summed E-state index contributed by atoms with van der Waals surface area (Å²) in [6, 6.07) is 13.2. The number of aryl methyl sites for hydroxylation is 1. The van der Waals surface area contributed by atoms with Gasteiger partial charge in [-0.05, 0) is 75.7 Å². The van der Waals surface area contributed by atoms with Crippen molar-refractivity contribution in [2.45, 2.75) is 62.1 Å². The molecule has 3 aromatic rings. The monoisotopic (exact) mass is 634 g/mol. The second-order valence-corrected chi connectivity index (χ2v) is 14.1. The summed E-state index contributed by atoms with van der Waals surface area (Å²) in [5.74, 6) is -1.58. The third kappa shape index (κ3) is 9.95. The van der Waals surface area contributed by atoms with Crippen molar-refractivity contribution in [3.8, 4) is 5.75 Å². The third-order valence-electron chi connectivity index (χ3n) is 5.83. The van der Waals surface area contributed by atoms with Crippen LogP contribution in [0.5, 0.6) is 5.75 Å². The van der Waals surface area contributed by atoms with Gasteiger partial charge in [-0.25, -0.2) is 12.8 Å². The molecule has 2 aromatic carbocycles. The average Bonchev–Trinajstić information content (AvgIpc) is 2.93. The molecule has 0 fully saturated rings. The molecule has 1 aromatic heterocycles. The molecule has 232 valence electrons. The second kappa shape index (κ2) is 14.2. The summed E-state index contributed by atoms with van der Waals surface area (Å²) < 4.78 is 83.4. The van der Waals surface area contributed by atoms with E-state index in [2.05, 4.69) is 11.6 Å². The number of esters is 1. The van der Waals surface area contributed by atoms with E-state index in [1.165, 1.54) is 48.8 Å². The van der Waals surface area contributed by atoms with Gasteiger partial charge in [0.15, 0.2) is 0 Å². The standard InChI is InChI=1S/C30H35FN2O8S2/c1-22-8-12-27(13-9-22)43(37,38)40-18-17-39-25-10-14-26(15-11-25)42(35,36)33(21-24-7-6-16-32-20-24)28(19-23(2)31)29(34)41-30(3,4)5/h6-16,20,28H,2,17-19,21H2,1,3-5H3/t28-/m0/s1. The van der Waals surface area contributed by atoms with Crippen molar-refractivity contribution in [3.05, 3.63) is 96.6 Å². The molecule has 0 aliphatic heterocycles. The number of rotatable bonds is 14. The molecule has 10 nitrogen and oxygen atoms in total. The molecule has 0 aliphatic rings. The number of carbonyl (C=O) groups is 1. The highest BCUT2D eigenvalue weighted by atomic mass is 32.2. The number of ether oxygens (including phenoxy) is 2. The summed E-state index contributed by atoms with van der Waals surface area (Å²) in [5, 5.41) is 0. The number of benzene rings is 2. The lowest BCUT2D eigenvalue weighted by Crippen LogP contribution is -2.47. The SMILES string of the molecule is C=C(F)C[C@@H](C(=O)OC(C)(C)C)N(Cc1cccnc1)S(=O)(=O)c1ccc(OCCOS(=O)(=O)c2ccc(C)cc2)cc1. The number of halogens is 1. The number of hydrogen-bond donors (Lipinski definition) is 0. The van der Waals surface area contributed by atoms with E-state index in [1.54, 1.807) is 45.0 Å². The number of sulfonamides is 1. The van der Waals surface area contributed by atoms with E-state index in [0.29, 0.717) is 5.56 Å². The molecule has 0 amide bonds. The van der Waals surface area contributed by atoms with Crippen molar-refractivity contribution < 1.29 is 39.7 Å². The van der Waals surface area contributed by atoms with Crippen LogP contribution in [0.2, 0.25) is 0 Å². The van der Waals surface area contributed by atoms with E-state index in [0.717, 1.165) is 9.87 Å². The summed E-state index contributed by atoms with van der Waals surface area (Å²) >= 11 is 0. The van der Waals surface area contributed by atoms with E-state index < -0.39 is 50.0 Å². The predicted molar refractivity (Wildman–Crippen MR) is 158 cm³/mol. The van der Waals surface area contributed by atoms with E-state index in [-0.39, 0.29) is 35.3 Å². The van der Waals surface area contributed by atoms with Gasteiger partial charge in [0.2, 0.25) is 10.0 Å². The molecule has 43 heavy (non-hydrogen) atoms. The number of hydrogen-bond acceptors (Lipinski definition) is 9. The summed E-state index contributed by atoms with van der Waals surface area (Å²) in [6.45, 7) is 9.21. The van der Waals surface area contributed by atoms with Crippen molar-refractivity contribution in [1.29, 1.82) is 0 Å². The van der Waals surface area contributed by atoms with Crippen molar-refractivity contribution in [3.63, 3.8) is 0 Å². The number of nitrogens with zero attached hydrogens (tertiary/aromatic N) is 2. The molecular weight excluding hydrogens is 599 g/mol. The van der Waals surface area contributed by atoms with Gasteiger partial charge in [0.1, 0.15) is 30.6 Å². The summed E-state index contributed by atoms with van der Waals surface area (Å²) in [7, 11) is -8.37. The molecule has 3 rings (SSSR count). The normalized spacial score (nSPS) is 13.0. The minimum Gasteiger partial charge on any atom is -0.491 e. The van der Waals surface area contributed by atoms with Gasteiger partial charge in [0.25, 0.3) is 10.1 Å². The molecule has 0 saturated carbocycles. The van der Waals surface area contributed by atoms with Gasteiger partial charge in [-0.2, -0.15) is 12.7 Å². The van der Waals surface area contributed by atoms with E-state index in [9.17, 15) is 26.0 Å². The zero-order valence-corrected chi connectivity index (χ0v) is 26.0. The molecule has 0 N–H and O–H groups in total. The van der Waals surface area contributed by atoms with Gasteiger partial charge >= 0.3 is 5.97 Å². The molecule has 0 spiro atoms. The topological polar surface area (TPSA) is 129 Å². The first-order valence-corrected chi connectivity index (χ1v) is 16.1. The number of aromatic nitrogens is 1. The first-order chi connectivity index (χ1) is 20.1. The van der Waals surface area contributed by atoms with Crippen LogP contribution in [0.25, 0.3) is 0 Å². The summed E-state index contributed by atoms with van der Waals surface area (Å²) in [4.78, 5) is 17.0. The Hall–Kier alpha value is -3.65. The first-order valence-electron chi connectivity index (χ1n) is 13.2. The number of pyridine rings is 1. The highest BCUT2D eigenvalue weighted by molar-refractivity contribution is 7.89. The van der Waals surface area contributed by atoms with Crippen molar-refractivity contribution >= 4 is 26.1 Å². The van der Waals surface area contributed by atoms with Crippen LogP contribution in [0.15, 0.2) is 95.3 Å². The predicted octanol–water partition coefficient (Wildman–Crippen LogP) is 4.95. The van der Waals surface area contributed by atoms with Crippen LogP contribution in [0.1, 0.15) is 38.3 Å². The van der Waals surface area contributed by atoms with Gasteiger partial charge in [0.05, 0.1) is 15.6 Å². The van der Waals surface area contributed by atoms with Crippen LogP contribution in [0, 0.1) is 6.92 Å². The number of carbonyl (C=O) groups excluding carboxylic acids is 1. The maximum Gasteiger partial charge on any atom is 0.325 e. The second-order valence-electron chi connectivity index (χ2n) is 10.6. The van der Waals surface area contributed by atoms with Crippen LogP contribution >= 0.6 is 0 Å². The zero-order valence-electron chi connectivity index (χ0n) is 24.4. The molecule has 0 radical (unpaired) electrons. The molecular formula is C30H35FN2O8S2. The maximum atomic E-state index is 14.1. The lowest BCUT2D eigenvalue weighted by Gasteiger charge is -2.31. The smallest absolute Gasteiger partial charge is 0.325 e. The average molecular weight is 635 g/mol.